The summed E-state index contributed by atoms with van der Waals surface area (Å²) in [7, 11) is 0. The lowest BCUT2D eigenvalue weighted by atomic mass is 10.0. The maximum absolute atomic E-state index is 11.9. The molecule has 0 rings (SSSR count). The maximum Gasteiger partial charge on any atom is 0.305 e. The van der Waals surface area contributed by atoms with E-state index in [9.17, 15) is 19.2 Å². The minimum absolute atomic E-state index is 0.123. The summed E-state index contributed by atoms with van der Waals surface area (Å²) in [6.07, 6.45) is 32.8. The average molecular weight is 655 g/mol. The summed E-state index contributed by atoms with van der Waals surface area (Å²) in [5.41, 5.74) is 0. The molecule has 8 heteroatoms. The molecule has 0 amide bonds. The van der Waals surface area contributed by atoms with Gasteiger partial charge in [0.15, 0.2) is 0 Å². The van der Waals surface area contributed by atoms with E-state index in [2.05, 4.69) is 0 Å². The Morgan fingerprint density at radius 3 is 0.696 bits per heavy atom. The maximum atomic E-state index is 11.9. The summed E-state index contributed by atoms with van der Waals surface area (Å²) in [4.78, 5) is 44.8. The highest BCUT2D eigenvalue weighted by Gasteiger charge is 2.05. The van der Waals surface area contributed by atoms with Crippen LogP contribution in [0.5, 0.6) is 0 Å². The van der Waals surface area contributed by atoms with Crippen LogP contribution in [0, 0.1) is 0 Å². The van der Waals surface area contributed by atoms with E-state index in [1.165, 1.54) is 103 Å². The number of carbonyl (C=O) groups is 4. The third-order valence-electron chi connectivity index (χ3n) is 8.61. The second-order valence-electron chi connectivity index (χ2n) is 13.1. The number of carboxylic acids is 2. The Morgan fingerprint density at radius 2 is 0.478 bits per heavy atom. The Balaban J connectivity index is 3.27. The van der Waals surface area contributed by atoms with E-state index in [0.717, 1.165) is 77.0 Å². The highest BCUT2D eigenvalue weighted by molar-refractivity contribution is 5.69. The summed E-state index contributed by atoms with van der Waals surface area (Å²) in [6.45, 7) is 0.792. The molecule has 0 aromatic carbocycles. The van der Waals surface area contributed by atoms with Crippen LogP contribution < -0.4 is 0 Å². The van der Waals surface area contributed by atoms with Gasteiger partial charge in [0.1, 0.15) is 0 Å². The zero-order chi connectivity index (χ0) is 33.8. The van der Waals surface area contributed by atoms with Gasteiger partial charge < -0.3 is 19.7 Å². The smallest absolute Gasteiger partial charge is 0.305 e. The Kier molecular flexibility index (Phi) is 34.1. The van der Waals surface area contributed by atoms with E-state index in [-0.39, 0.29) is 11.9 Å². The fourth-order valence-electron chi connectivity index (χ4n) is 5.70. The minimum atomic E-state index is -0.688. The van der Waals surface area contributed by atoms with Gasteiger partial charge in [0, 0.05) is 25.7 Å². The first kappa shape index (κ1) is 43.9. The van der Waals surface area contributed by atoms with Crippen molar-refractivity contribution in [3.63, 3.8) is 0 Å². The largest absolute Gasteiger partial charge is 0.481 e. The van der Waals surface area contributed by atoms with Crippen molar-refractivity contribution in [1.29, 1.82) is 0 Å². The monoisotopic (exact) mass is 655 g/mol. The molecule has 0 saturated carbocycles. The molecule has 2 N–H and O–H groups in total. The minimum Gasteiger partial charge on any atom is -0.481 e. The van der Waals surface area contributed by atoms with Crippen LogP contribution in [0.1, 0.15) is 205 Å². The molecular weight excluding hydrogens is 584 g/mol. The molecule has 0 radical (unpaired) electrons. The summed E-state index contributed by atoms with van der Waals surface area (Å²) in [6, 6.07) is 0. The molecular formula is C38H70O8. The molecule has 0 aliphatic rings. The van der Waals surface area contributed by atoms with Gasteiger partial charge >= 0.3 is 23.9 Å². The van der Waals surface area contributed by atoms with E-state index in [0.29, 0.717) is 38.9 Å². The van der Waals surface area contributed by atoms with Crippen molar-refractivity contribution in [1.82, 2.24) is 0 Å². The third kappa shape index (κ3) is 38.1. The van der Waals surface area contributed by atoms with Gasteiger partial charge in [0.25, 0.3) is 0 Å². The number of hydrogen-bond donors (Lipinski definition) is 2. The van der Waals surface area contributed by atoms with Crippen LogP contribution in [-0.2, 0) is 28.7 Å². The number of hydrogen-bond acceptors (Lipinski definition) is 6. The quantitative estimate of drug-likeness (QED) is 0.0500. The standard InChI is InChI=1S/C38H70O8/c39-35(40)29-23-19-15-11-7-3-1-5-9-13-17-21-25-31-37(43)45-33-27-28-34-46-38(44)32-26-22-18-14-10-6-2-4-8-12-16-20-24-30-36(41)42/h1-34H2,(H,39,40)(H,41,42). The van der Waals surface area contributed by atoms with Crippen molar-refractivity contribution >= 4 is 23.9 Å². The molecule has 0 heterocycles. The lowest BCUT2D eigenvalue weighted by Gasteiger charge is -2.07. The zero-order valence-electron chi connectivity index (χ0n) is 29.4. The zero-order valence-corrected chi connectivity index (χ0v) is 29.4. The highest BCUT2D eigenvalue weighted by Crippen LogP contribution is 2.15. The number of aliphatic carboxylic acids is 2. The van der Waals surface area contributed by atoms with Crippen LogP contribution in [0.3, 0.4) is 0 Å². The molecule has 0 aliphatic heterocycles. The number of esters is 2. The number of rotatable bonds is 37. The SMILES string of the molecule is O=C(O)CCCCCCCCCCCCCCCC(=O)OCCCCOC(=O)CCCCCCCCCCCCCCCC(=O)O. The summed E-state index contributed by atoms with van der Waals surface area (Å²) < 4.78 is 10.6. The number of unbranched alkanes of at least 4 members (excludes halogenated alkanes) is 25. The topological polar surface area (TPSA) is 127 Å². The lowest BCUT2D eigenvalue weighted by molar-refractivity contribution is -0.146. The van der Waals surface area contributed by atoms with Crippen molar-refractivity contribution in [2.24, 2.45) is 0 Å². The van der Waals surface area contributed by atoms with Crippen molar-refractivity contribution in [2.75, 3.05) is 13.2 Å². The van der Waals surface area contributed by atoms with Gasteiger partial charge in [-0.15, -0.1) is 0 Å². The predicted molar refractivity (Wildman–Crippen MR) is 185 cm³/mol. The molecule has 0 saturated heterocycles. The average Bonchev–Trinajstić information content (AvgIpc) is 3.02. The molecule has 0 fully saturated rings. The molecule has 0 aromatic heterocycles. The first-order valence-corrected chi connectivity index (χ1v) is 19.2. The molecule has 0 bridgehead atoms. The Bertz CT molecular complexity index is 663. The van der Waals surface area contributed by atoms with Gasteiger partial charge in [-0.05, 0) is 38.5 Å². The second kappa shape index (κ2) is 35.7. The van der Waals surface area contributed by atoms with Crippen LogP contribution in [0.2, 0.25) is 0 Å². The molecule has 0 aliphatic carbocycles. The first-order chi connectivity index (χ1) is 22.4. The number of carbonyl (C=O) groups excluding carboxylic acids is 2. The Morgan fingerprint density at radius 1 is 0.283 bits per heavy atom. The van der Waals surface area contributed by atoms with Gasteiger partial charge in [-0.3, -0.25) is 19.2 Å². The van der Waals surface area contributed by atoms with Crippen LogP contribution in [0.25, 0.3) is 0 Å². The van der Waals surface area contributed by atoms with E-state index in [4.69, 9.17) is 19.7 Å². The number of carboxylic acid groups (broad SMARTS) is 2. The van der Waals surface area contributed by atoms with Gasteiger partial charge in [0.05, 0.1) is 13.2 Å². The molecule has 0 aromatic rings. The molecule has 8 nitrogen and oxygen atoms in total. The fraction of sp³-hybridized carbons (Fsp3) is 0.895. The van der Waals surface area contributed by atoms with Gasteiger partial charge in [-0.25, -0.2) is 0 Å². The Hall–Kier alpha value is -2.12. The van der Waals surface area contributed by atoms with Gasteiger partial charge in [-0.2, -0.15) is 0 Å². The molecule has 0 unspecified atom stereocenters. The van der Waals surface area contributed by atoms with E-state index in [1.807, 2.05) is 0 Å². The molecule has 0 atom stereocenters. The van der Waals surface area contributed by atoms with Crippen LogP contribution >= 0.6 is 0 Å². The van der Waals surface area contributed by atoms with Crippen molar-refractivity contribution < 1.29 is 38.9 Å². The van der Waals surface area contributed by atoms with Gasteiger partial charge in [0.2, 0.25) is 0 Å². The molecule has 46 heavy (non-hydrogen) atoms. The van der Waals surface area contributed by atoms with Crippen molar-refractivity contribution in [3.8, 4) is 0 Å². The van der Waals surface area contributed by atoms with Crippen molar-refractivity contribution in [3.05, 3.63) is 0 Å². The highest BCUT2D eigenvalue weighted by atomic mass is 16.5. The predicted octanol–water partition coefficient (Wildman–Crippen LogP) is 10.7. The summed E-state index contributed by atoms with van der Waals surface area (Å²) in [5.74, 6) is -1.62. The van der Waals surface area contributed by atoms with E-state index >= 15 is 0 Å². The summed E-state index contributed by atoms with van der Waals surface area (Å²) >= 11 is 0. The van der Waals surface area contributed by atoms with Crippen LogP contribution in [-0.4, -0.2) is 47.3 Å². The fourth-order valence-corrected chi connectivity index (χ4v) is 5.70. The Labute approximate surface area is 281 Å². The number of ether oxygens (including phenoxy) is 2. The third-order valence-corrected chi connectivity index (χ3v) is 8.61. The summed E-state index contributed by atoms with van der Waals surface area (Å²) in [5, 5.41) is 17.3. The van der Waals surface area contributed by atoms with E-state index in [1.54, 1.807) is 0 Å². The second-order valence-corrected chi connectivity index (χ2v) is 13.1. The first-order valence-electron chi connectivity index (χ1n) is 19.2. The van der Waals surface area contributed by atoms with Crippen LogP contribution in [0.15, 0.2) is 0 Å². The van der Waals surface area contributed by atoms with Crippen molar-refractivity contribution in [2.45, 2.75) is 205 Å². The molecule has 0 spiro atoms. The normalized spacial score (nSPS) is 11.0. The lowest BCUT2D eigenvalue weighted by Crippen LogP contribution is -2.08. The van der Waals surface area contributed by atoms with Crippen LogP contribution in [0.4, 0.5) is 0 Å². The molecule has 270 valence electrons. The van der Waals surface area contributed by atoms with E-state index < -0.39 is 11.9 Å². The van der Waals surface area contributed by atoms with Gasteiger partial charge in [-0.1, -0.05) is 141 Å².